The number of aryl methyl sites for hydroxylation is 2. The lowest BCUT2D eigenvalue weighted by atomic mass is 10.0. The molecule has 23 heavy (non-hydrogen) atoms. The molecule has 3 aromatic rings. The maximum atomic E-state index is 12.1. The topological polar surface area (TPSA) is 73.3 Å². The first-order valence-electron chi connectivity index (χ1n) is 7.38. The highest BCUT2D eigenvalue weighted by Crippen LogP contribution is 2.32. The number of ether oxygens (including phenoxy) is 2. The summed E-state index contributed by atoms with van der Waals surface area (Å²) in [6.07, 6.45) is 1.24. The molecule has 120 valence electrons. The van der Waals surface area contributed by atoms with Crippen LogP contribution in [0.5, 0.6) is 0 Å². The minimum atomic E-state index is -0.443. The van der Waals surface area contributed by atoms with E-state index in [0.29, 0.717) is 12.3 Å². The number of fused-ring (bicyclic) bond motifs is 2. The first-order valence-corrected chi connectivity index (χ1v) is 7.38. The summed E-state index contributed by atoms with van der Waals surface area (Å²) in [5, 5.41) is 1.82. The van der Waals surface area contributed by atoms with Gasteiger partial charge in [-0.05, 0) is 44.0 Å². The van der Waals surface area contributed by atoms with Gasteiger partial charge in [0.25, 0.3) is 0 Å². The quantitative estimate of drug-likeness (QED) is 0.734. The van der Waals surface area contributed by atoms with Crippen LogP contribution in [0, 0.1) is 13.8 Å². The van der Waals surface area contributed by atoms with Gasteiger partial charge in [0.2, 0.25) is 0 Å². The second kappa shape index (κ2) is 5.46. The van der Waals surface area contributed by atoms with Crippen molar-refractivity contribution in [2.75, 3.05) is 13.7 Å². The molecule has 0 atom stereocenters. The number of hydrogen-bond donors (Lipinski definition) is 1. The Hall–Kier alpha value is -2.76. The minimum Gasteiger partial charge on any atom is -0.461 e. The normalized spacial score (nSPS) is 11.1. The second-order valence-corrected chi connectivity index (χ2v) is 5.36. The molecule has 0 aliphatic rings. The molecule has 2 aromatic heterocycles. The summed E-state index contributed by atoms with van der Waals surface area (Å²) in [6.45, 7) is 5.89. The molecular formula is C17H18N2O4. The fourth-order valence-corrected chi connectivity index (χ4v) is 3.10. The molecule has 0 fully saturated rings. The molecule has 1 N–H and O–H groups in total. The van der Waals surface area contributed by atoms with Crippen LogP contribution in [0.15, 0.2) is 18.3 Å². The number of rotatable bonds is 2. The third-order valence-corrected chi connectivity index (χ3v) is 4.08. The maximum absolute atomic E-state index is 12.1. The summed E-state index contributed by atoms with van der Waals surface area (Å²) >= 11 is 0. The zero-order valence-electron chi connectivity index (χ0n) is 13.5. The molecular weight excluding hydrogens is 296 g/mol. The van der Waals surface area contributed by atoms with Gasteiger partial charge in [-0.15, -0.1) is 0 Å². The number of H-pyrrole nitrogens is 1. The van der Waals surface area contributed by atoms with Crippen molar-refractivity contribution in [3.63, 3.8) is 0 Å². The molecule has 0 bridgehead atoms. The monoisotopic (exact) mass is 314 g/mol. The third-order valence-electron chi connectivity index (χ3n) is 4.08. The lowest BCUT2D eigenvalue weighted by Gasteiger charge is -2.07. The van der Waals surface area contributed by atoms with Crippen LogP contribution in [0.4, 0.5) is 4.79 Å². The van der Waals surface area contributed by atoms with Crippen molar-refractivity contribution in [3.8, 4) is 0 Å². The van der Waals surface area contributed by atoms with Gasteiger partial charge >= 0.3 is 12.1 Å². The highest BCUT2D eigenvalue weighted by atomic mass is 16.5. The fraction of sp³-hybridized carbons (Fsp3) is 0.294. The molecule has 0 unspecified atom stereocenters. The number of esters is 1. The largest absolute Gasteiger partial charge is 0.461 e. The number of nitrogens with zero attached hydrogens (tertiary/aromatic N) is 1. The zero-order chi connectivity index (χ0) is 16.7. The average Bonchev–Trinajstić information content (AvgIpc) is 3.09. The third kappa shape index (κ3) is 2.18. The molecule has 0 saturated carbocycles. The van der Waals surface area contributed by atoms with Crippen LogP contribution in [-0.4, -0.2) is 35.3 Å². The highest BCUT2D eigenvalue weighted by Gasteiger charge is 2.20. The Morgan fingerprint density at radius 2 is 2.00 bits per heavy atom. The molecule has 6 nitrogen and oxygen atoms in total. The number of carbonyl (C=O) groups is 2. The van der Waals surface area contributed by atoms with E-state index >= 15 is 0 Å². The van der Waals surface area contributed by atoms with E-state index in [1.807, 2.05) is 26.0 Å². The van der Waals surface area contributed by atoms with Gasteiger partial charge in [-0.2, -0.15) is 0 Å². The van der Waals surface area contributed by atoms with Gasteiger partial charge in [0.05, 0.1) is 19.2 Å². The number of nitrogens with one attached hydrogen (secondary N) is 1. The summed E-state index contributed by atoms with van der Waals surface area (Å²) in [6, 6.07) is 3.77. The molecule has 0 spiro atoms. The molecule has 0 aliphatic carbocycles. The van der Waals surface area contributed by atoms with E-state index in [9.17, 15) is 9.59 Å². The summed E-state index contributed by atoms with van der Waals surface area (Å²) in [5.41, 5.74) is 3.80. The van der Waals surface area contributed by atoms with E-state index in [1.165, 1.54) is 11.7 Å². The van der Waals surface area contributed by atoms with Crippen LogP contribution in [0.3, 0.4) is 0 Å². The van der Waals surface area contributed by atoms with Crippen molar-refractivity contribution < 1.29 is 19.1 Å². The maximum Gasteiger partial charge on any atom is 0.418 e. The SMILES string of the molecule is CCOC(=O)c1[nH]c2cc3ccn(C(=O)OC)c3c(C)c2c1C. The Balaban J connectivity index is 2.31. The van der Waals surface area contributed by atoms with Crippen molar-refractivity contribution in [2.24, 2.45) is 0 Å². The standard InChI is InChI=1S/C17H18N2O4/c1-5-23-16(20)14-9(2)13-10(3)15-11(8-12(13)18-14)6-7-19(15)17(21)22-4/h6-8,18H,5H2,1-4H3. The Labute approximate surface area is 133 Å². The van der Waals surface area contributed by atoms with Crippen molar-refractivity contribution in [1.82, 2.24) is 9.55 Å². The molecule has 0 amide bonds. The number of aromatic amines is 1. The minimum absolute atomic E-state index is 0.321. The summed E-state index contributed by atoms with van der Waals surface area (Å²) in [4.78, 5) is 27.1. The van der Waals surface area contributed by atoms with Gasteiger partial charge < -0.3 is 14.5 Å². The molecule has 6 heteroatoms. The zero-order valence-corrected chi connectivity index (χ0v) is 13.5. The Morgan fingerprint density at radius 3 is 2.65 bits per heavy atom. The van der Waals surface area contributed by atoms with Gasteiger partial charge in [-0.25, -0.2) is 9.59 Å². The van der Waals surface area contributed by atoms with Gasteiger partial charge in [-0.3, -0.25) is 4.57 Å². The van der Waals surface area contributed by atoms with E-state index in [2.05, 4.69) is 4.98 Å². The highest BCUT2D eigenvalue weighted by molar-refractivity contribution is 6.07. The fourth-order valence-electron chi connectivity index (χ4n) is 3.10. The van der Waals surface area contributed by atoms with Crippen molar-refractivity contribution in [2.45, 2.75) is 20.8 Å². The van der Waals surface area contributed by atoms with E-state index in [-0.39, 0.29) is 5.97 Å². The lowest BCUT2D eigenvalue weighted by molar-refractivity contribution is 0.0519. The van der Waals surface area contributed by atoms with Gasteiger partial charge in [0.1, 0.15) is 5.69 Å². The van der Waals surface area contributed by atoms with Crippen molar-refractivity contribution in [1.29, 1.82) is 0 Å². The molecule has 0 radical (unpaired) electrons. The molecule has 1 aromatic carbocycles. The lowest BCUT2D eigenvalue weighted by Crippen LogP contribution is -2.10. The molecule has 2 heterocycles. The van der Waals surface area contributed by atoms with Gasteiger partial charge in [0.15, 0.2) is 0 Å². The first kappa shape index (κ1) is 15.1. The van der Waals surface area contributed by atoms with E-state index in [4.69, 9.17) is 9.47 Å². The average molecular weight is 314 g/mol. The van der Waals surface area contributed by atoms with Crippen LogP contribution >= 0.6 is 0 Å². The smallest absolute Gasteiger partial charge is 0.418 e. The predicted octanol–water partition coefficient (Wildman–Crippen LogP) is 3.53. The van der Waals surface area contributed by atoms with Crippen LogP contribution in [0.25, 0.3) is 21.8 Å². The van der Waals surface area contributed by atoms with Gasteiger partial charge in [-0.1, -0.05) is 0 Å². The van der Waals surface area contributed by atoms with Crippen LogP contribution < -0.4 is 0 Å². The van der Waals surface area contributed by atoms with Crippen molar-refractivity contribution >= 4 is 33.9 Å². The van der Waals surface area contributed by atoms with Crippen molar-refractivity contribution in [3.05, 3.63) is 35.2 Å². The Morgan fingerprint density at radius 1 is 1.26 bits per heavy atom. The number of aromatic nitrogens is 2. The molecule has 0 saturated heterocycles. The Bertz CT molecular complexity index is 933. The Kier molecular flexibility index (Phi) is 3.60. The summed E-state index contributed by atoms with van der Waals surface area (Å²) < 4.78 is 11.4. The number of benzene rings is 1. The van der Waals surface area contributed by atoms with E-state index < -0.39 is 6.09 Å². The predicted molar refractivity (Wildman–Crippen MR) is 87.0 cm³/mol. The number of carbonyl (C=O) groups excluding carboxylic acids is 2. The number of hydrogen-bond acceptors (Lipinski definition) is 4. The van der Waals surface area contributed by atoms with Crippen LogP contribution in [0.2, 0.25) is 0 Å². The van der Waals surface area contributed by atoms with E-state index in [1.54, 1.807) is 13.1 Å². The van der Waals surface area contributed by atoms with Crippen LogP contribution in [0.1, 0.15) is 28.5 Å². The molecule has 3 rings (SSSR count). The second-order valence-electron chi connectivity index (χ2n) is 5.36. The summed E-state index contributed by atoms with van der Waals surface area (Å²) in [5.74, 6) is -0.374. The van der Waals surface area contributed by atoms with Gasteiger partial charge in [0, 0.05) is 22.5 Å². The number of methoxy groups -OCH3 is 1. The molecule has 0 aliphatic heterocycles. The van der Waals surface area contributed by atoms with Crippen LogP contribution in [-0.2, 0) is 9.47 Å². The van der Waals surface area contributed by atoms with E-state index in [0.717, 1.165) is 32.9 Å². The summed E-state index contributed by atoms with van der Waals surface area (Å²) in [7, 11) is 1.35. The first-order chi connectivity index (χ1) is 11.0.